The van der Waals surface area contributed by atoms with Crippen LogP contribution in [0.3, 0.4) is 0 Å². The Morgan fingerprint density at radius 3 is 2.67 bits per heavy atom. The number of hydrogen-bond donors (Lipinski definition) is 1. The Kier molecular flexibility index (Phi) is 6.48. The predicted octanol–water partition coefficient (Wildman–Crippen LogP) is 3.66. The lowest BCUT2D eigenvalue weighted by atomic mass is 10.1. The molecule has 1 aliphatic rings. The zero-order chi connectivity index (χ0) is 19.2. The molecule has 0 aliphatic heterocycles. The van der Waals surface area contributed by atoms with Crippen molar-refractivity contribution in [3.63, 3.8) is 0 Å². The molecular formula is C21H30N4O2. The number of hydrogen-bond acceptors (Lipinski definition) is 3. The molecule has 1 aliphatic carbocycles. The van der Waals surface area contributed by atoms with Crippen LogP contribution in [0, 0.1) is 0 Å². The molecule has 1 N–H and O–H groups in total. The molecule has 2 aromatic heterocycles. The summed E-state index contributed by atoms with van der Waals surface area (Å²) in [4.78, 5) is 31.9. The van der Waals surface area contributed by atoms with E-state index in [1.807, 2.05) is 18.2 Å². The van der Waals surface area contributed by atoms with Gasteiger partial charge < -0.3 is 10.2 Å². The maximum atomic E-state index is 12.9. The van der Waals surface area contributed by atoms with E-state index in [9.17, 15) is 9.59 Å². The Morgan fingerprint density at radius 1 is 1.22 bits per heavy atom. The molecule has 2 amide bonds. The number of nitrogens with zero attached hydrogens (tertiary/aromatic N) is 3. The van der Waals surface area contributed by atoms with Crippen LogP contribution in [-0.4, -0.2) is 45.7 Å². The molecule has 0 bridgehead atoms. The van der Waals surface area contributed by atoms with Gasteiger partial charge in [-0.1, -0.05) is 45.1 Å². The number of rotatable bonds is 6. The average molecular weight is 370 g/mol. The summed E-state index contributed by atoms with van der Waals surface area (Å²) in [6.45, 7) is 2.78. The second-order valence-electron chi connectivity index (χ2n) is 7.48. The van der Waals surface area contributed by atoms with Crippen molar-refractivity contribution in [2.45, 2.75) is 64.3 Å². The normalized spacial score (nSPS) is 15.5. The first kappa shape index (κ1) is 19.4. The number of imidazole rings is 1. The van der Waals surface area contributed by atoms with Crippen LogP contribution >= 0.6 is 0 Å². The van der Waals surface area contributed by atoms with Gasteiger partial charge in [-0.05, 0) is 31.4 Å². The van der Waals surface area contributed by atoms with E-state index in [0.717, 1.165) is 38.5 Å². The molecule has 0 radical (unpaired) electrons. The standard InChI is InChI=1S/C21H30N4O2/c1-3-4-14-24(2)21(27)18-17-13-9-10-15-25(17)19(23-18)20(26)22-16-11-7-5-6-8-12-16/h9-10,13,15-16H,3-8,11-12,14H2,1-2H3,(H,22,26). The van der Waals surface area contributed by atoms with Crippen LogP contribution in [0.25, 0.3) is 5.52 Å². The van der Waals surface area contributed by atoms with Crippen LogP contribution in [0.1, 0.15) is 79.4 Å². The lowest BCUT2D eigenvalue weighted by Gasteiger charge is -2.15. The molecule has 0 spiro atoms. The highest BCUT2D eigenvalue weighted by Gasteiger charge is 2.25. The fourth-order valence-electron chi connectivity index (χ4n) is 3.71. The van der Waals surface area contributed by atoms with Crippen molar-refractivity contribution < 1.29 is 9.59 Å². The second-order valence-corrected chi connectivity index (χ2v) is 7.48. The van der Waals surface area contributed by atoms with E-state index in [4.69, 9.17) is 0 Å². The summed E-state index contributed by atoms with van der Waals surface area (Å²) >= 11 is 0. The van der Waals surface area contributed by atoms with E-state index in [1.165, 1.54) is 12.8 Å². The van der Waals surface area contributed by atoms with Gasteiger partial charge in [0.1, 0.15) is 0 Å². The maximum absolute atomic E-state index is 12.9. The minimum atomic E-state index is -0.196. The number of carbonyl (C=O) groups is 2. The van der Waals surface area contributed by atoms with Crippen molar-refractivity contribution in [1.29, 1.82) is 0 Å². The average Bonchev–Trinajstić information content (AvgIpc) is 2.88. The van der Waals surface area contributed by atoms with Crippen molar-refractivity contribution >= 4 is 17.3 Å². The molecule has 2 heterocycles. The van der Waals surface area contributed by atoms with E-state index < -0.39 is 0 Å². The summed E-state index contributed by atoms with van der Waals surface area (Å²) in [7, 11) is 1.79. The van der Waals surface area contributed by atoms with Gasteiger partial charge in [0.05, 0.1) is 5.52 Å². The van der Waals surface area contributed by atoms with Crippen LogP contribution in [0.2, 0.25) is 0 Å². The number of amides is 2. The number of fused-ring (bicyclic) bond motifs is 1. The highest BCUT2D eigenvalue weighted by Crippen LogP contribution is 2.19. The summed E-state index contributed by atoms with van der Waals surface area (Å²) < 4.78 is 1.73. The molecule has 0 saturated heterocycles. The molecule has 6 heteroatoms. The lowest BCUT2D eigenvalue weighted by molar-refractivity contribution is 0.0790. The highest BCUT2D eigenvalue weighted by atomic mass is 16.2. The predicted molar refractivity (Wildman–Crippen MR) is 106 cm³/mol. The zero-order valence-electron chi connectivity index (χ0n) is 16.4. The van der Waals surface area contributed by atoms with Gasteiger partial charge in [-0.25, -0.2) is 4.98 Å². The Labute approximate surface area is 161 Å². The first-order valence-corrected chi connectivity index (χ1v) is 10.1. The maximum Gasteiger partial charge on any atom is 0.287 e. The largest absolute Gasteiger partial charge is 0.347 e. The summed E-state index contributed by atoms with van der Waals surface area (Å²) in [5, 5.41) is 3.14. The molecule has 27 heavy (non-hydrogen) atoms. The Hall–Kier alpha value is -2.37. The number of pyridine rings is 1. The number of nitrogens with one attached hydrogen (secondary N) is 1. The minimum Gasteiger partial charge on any atom is -0.347 e. The summed E-state index contributed by atoms with van der Waals surface area (Å²) in [5.74, 6) is -0.0406. The van der Waals surface area contributed by atoms with E-state index in [2.05, 4.69) is 17.2 Å². The molecule has 1 saturated carbocycles. The molecule has 0 atom stereocenters. The highest BCUT2D eigenvalue weighted by molar-refractivity contribution is 6.02. The van der Waals surface area contributed by atoms with Crippen LogP contribution in [0.5, 0.6) is 0 Å². The minimum absolute atomic E-state index is 0.138. The fraction of sp³-hybridized carbons (Fsp3) is 0.571. The van der Waals surface area contributed by atoms with Crippen molar-refractivity contribution in [2.75, 3.05) is 13.6 Å². The number of aromatic nitrogens is 2. The van der Waals surface area contributed by atoms with E-state index in [0.29, 0.717) is 23.6 Å². The van der Waals surface area contributed by atoms with Crippen LogP contribution in [0.15, 0.2) is 24.4 Å². The first-order chi connectivity index (χ1) is 13.1. The summed E-state index contributed by atoms with van der Waals surface area (Å²) in [5.41, 5.74) is 1.03. The van der Waals surface area contributed by atoms with Gasteiger partial charge in [-0.3, -0.25) is 14.0 Å². The van der Waals surface area contributed by atoms with E-state index in [-0.39, 0.29) is 17.9 Å². The van der Waals surface area contributed by atoms with Gasteiger partial charge in [0, 0.05) is 25.8 Å². The molecule has 1 fully saturated rings. The third kappa shape index (κ3) is 4.49. The van der Waals surface area contributed by atoms with Crippen LogP contribution < -0.4 is 5.32 Å². The van der Waals surface area contributed by atoms with Gasteiger partial charge in [-0.15, -0.1) is 0 Å². The third-order valence-electron chi connectivity index (χ3n) is 5.34. The van der Waals surface area contributed by atoms with Gasteiger partial charge in [-0.2, -0.15) is 0 Å². The molecular weight excluding hydrogens is 340 g/mol. The van der Waals surface area contributed by atoms with Gasteiger partial charge in [0.25, 0.3) is 11.8 Å². The Balaban J connectivity index is 1.85. The summed E-state index contributed by atoms with van der Waals surface area (Å²) in [6, 6.07) is 5.76. The molecule has 2 aromatic rings. The number of unbranched alkanes of at least 4 members (excludes halogenated alkanes) is 1. The molecule has 3 rings (SSSR count). The lowest BCUT2D eigenvalue weighted by Crippen LogP contribution is -2.35. The fourth-order valence-corrected chi connectivity index (χ4v) is 3.71. The second kappa shape index (κ2) is 9.02. The Bertz CT molecular complexity index is 791. The third-order valence-corrected chi connectivity index (χ3v) is 5.34. The van der Waals surface area contributed by atoms with E-state index in [1.54, 1.807) is 22.5 Å². The smallest absolute Gasteiger partial charge is 0.287 e. The van der Waals surface area contributed by atoms with Crippen LogP contribution in [0.4, 0.5) is 0 Å². The molecule has 0 aromatic carbocycles. The topological polar surface area (TPSA) is 66.7 Å². The summed E-state index contributed by atoms with van der Waals surface area (Å²) in [6.07, 6.45) is 10.6. The first-order valence-electron chi connectivity index (χ1n) is 10.1. The quantitative estimate of drug-likeness (QED) is 0.789. The molecule has 6 nitrogen and oxygen atoms in total. The van der Waals surface area contributed by atoms with Crippen molar-refractivity contribution in [2.24, 2.45) is 0 Å². The zero-order valence-corrected chi connectivity index (χ0v) is 16.4. The molecule has 146 valence electrons. The van der Waals surface area contributed by atoms with Crippen molar-refractivity contribution in [3.05, 3.63) is 35.9 Å². The monoisotopic (exact) mass is 370 g/mol. The number of carbonyl (C=O) groups excluding carboxylic acids is 2. The van der Waals surface area contributed by atoms with Crippen molar-refractivity contribution in [3.8, 4) is 0 Å². The SMILES string of the molecule is CCCCN(C)C(=O)c1nc(C(=O)NC2CCCCCC2)n2ccccc12. The van der Waals surface area contributed by atoms with Gasteiger partial charge in [0.15, 0.2) is 5.69 Å². The van der Waals surface area contributed by atoms with E-state index >= 15 is 0 Å². The van der Waals surface area contributed by atoms with Gasteiger partial charge >= 0.3 is 0 Å². The Morgan fingerprint density at radius 2 is 1.96 bits per heavy atom. The van der Waals surface area contributed by atoms with Gasteiger partial charge in [0.2, 0.25) is 5.82 Å². The van der Waals surface area contributed by atoms with Crippen LogP contribution in [-0.2, 0) is 0 Å². The van der Waals surface area contributed by atoms with Crippen molar-refractivity contribution in [1.82, 2.24) is 19.6 Å². The molecule has 0 unspecified atom stereocenters.